The van der Waals surface area contributed by atoms with Gasteiger partial charge in [-0.25, -0.2) is 35.9 Å². The van der Waals surface area contributed by atoms with Gasteiger partial charge in [-0.2, -0.15) is 0 Å². The summed E-state index contributed by atoms with van der Waals surface area (Å²) in [7, 11) is -6.25. The topological polar surface area (TPSA) is 323 Å². The Morgan fingerprint density at radius 2 is 0.902 bits per heavy atom. The molecule has 22 nitrogen and oxygen atoms in total. The van der Waals surface area contributed by atoms with Crippen molar-refractivity contribution in [3.63, 3.8) is 0 Å². The van der Waals surface area contributed by atoms with Gasteiger partial charge in [-0.1, -0.05) is 13.8 Å². The molecular weight excluding hydrogens is 651 g/mol. The molecule has 41 heavy (non-hydrogen) atoms. The van der Waals surface area contributed by atoms with Crippen molar-refractivity contribution in [3.05, 3.63) is 74.9 Å². The molecule has 0 spiro atoms. The standard InChI is InChI=1S/2C8H13N3O4S.Co.2NO3/c2*1-3-16(14,15)5-4-10-7(2)9-6-8(10)11(12)13;;2*2-1(3)4/h2*6H,3-5H2,1-2H3;;;/q;;+2;2*-1. The first kappa shape index (κ1) is 41.5. The van der Waals surface area contributed by atoms with Crippen LogP contribution in [0.5, 0.6) is 0 Å². The molecule has 235 valence electrons. The number of imidazole rings is 2. The Kier molecular flexibility index (Phi) is 19.4. The van der Waals surface area contributed by atoms with Crippen molar-refractivity contribution in [3.8, 4) is 0 Å². The molecule has 2 aromatic rings. The van der Waals surface area contributed by atoms with Crippen LogP contribution in [0.3, 0.4) is 0 Å². The van der Waals surface area contributed by atoms with E-state index in [0.717, 1.165) is 12.4 Å². The SMILES string of the molecule is CCS(=O)(=O)CCn1c([N+](=O)[O-])cnc1C.CCS(=O)(=O)CCn1c([N+](=O)[O-])cnc1C.O=[N+]([O-])[O-].O=[N+]([O-])[O-].[Co+2]. The number of aryl methyl sites for hydroxylation is 2. The van der Waals surface area contributed by atoms with Crippen LogP contribution in [0.15, 0.2) is 12.4 Å². The van der Waals surface area contributed by atoms with E-state index in [4.69, 9.17) is 30.6 Å². The molecular formula is C16H26CoN8O14S2. The van der Waals surface area contributed by atoms with Crippen LogP contribution in [0, 0.1) is 64.7 Å². The summed E-state index contributed by atoms with van der Waals surface area (Å²) in [4.78, 5) is 44.2. The van der Waals surface area contributed by atoms with E-state index in [0.29, 0.717) is 11.6 Å². The second kappa shape index (κ2) is 19.2. The molecule has 2 heterocycles. The Morgan fingerprint density at radius 1 is 0.659 bits per heavy atom. The predicted octanol–water partition coefficient (Wildman–Crippen LogP) is 0.588. The summed E-state index contributed by atoms with van der Waals surface area (Å²) < 4.78 is 47.7. The molecule has 0 aliphatic carbocycles. The largest absolute Gasteiger partial charge is 2.00 e. The maximum atomic E-state index is 11.3. The maximum absolute atomic E-state index is 11.3. The van der Waals surface area contributed by atoms with Crippen LogP contribution in [-0.4, -0.2) is 79.0 Å². The minimum atomic E-state index is -3.13. The van der Waals surface area contributed by atoms with Gasteiger partial charge in [0.2, 0.25) is 0 Å². The van der Waals surface area contributed by atoms with Crippen molar-refractivity contribution < 1.29 is 53.6 Å². The van der Waals surface area contributed by atoms with Gasteiger partial charge in [-0.3, -0.25) is 0 Å². The zero-order valence-corrected chi connectivity index (χ0v) is 24.5. The number of sulfone groups is 2. The fourth-order valence-corrected chi connectivity index (χ4v) is 4.00. The van der Waals surface area contributed by atoms with Crippen molar-refractivity contribution in [1.29, 1.82) is 0 Å². The third-order valence-corrected chi connectivity index (χ3v) is 7.94. The van der Waals surface area contributed by atoms with Crippen molar-refractivity contribution in [2.24, 2.45) is 0 Å². The number of nitro groups is 2. The number of aromatic nitrogens is 4. The van der Waals surface area contributed by atoms with Crippen molar-refractivity contribution >= 4 is 31.3 Å². The molecule has 0 aliphatic heterocycles. The third-order valence-electron chi connectivity index (χ3n) is 4.57. The normalized spacial score (nSPS) is 10.2. The van der Waals surface area contributed by atoms with Gasteiger partial charge in [0, 0.05) is 25.4 Å². The Labute approximate surface area is 242 Å². The van der Waals surface area contributed by atoms with E-state index in [1.165, 1.54) is 9.13 Å². The van der Waals surface area contributed by atoms with Gasteiger partial charge in [-0.05, 0) is 9.85 Å². The number of rotatable bonds is 10. The average molecular weight is 677 g/mol. The van der Waals surface area contributed by atoms with E-state index in [2.05, 4.69) is 9.97 Å². The molecule has 2 rings (SSSR count). The quantitative estimate of drug-likeness (QED) is 0.245. The summed E-state index contributed by atoms with van der Waals surface area (Å²) in [5.74, 6) is 0.384. The van der Waals surface area contributed by atoms with Crippen LogP contribution in [0.25, 0.3) is 0 Å². The predicted molar refractivity (Wildman–Crippen MR) is 137 cm³/mol. The van der Waals surface area contributed by atoms with Gasteiger partial charge in [0.15, 0.2) is 31.3 Å². The molecule has 0 unspecified atom stereocenters. The first-order valence-electron chi connectivity index (χ1n) is 10.6. The third kappa shape index (κ3) is 18.1. The van der Waals surface area contributed by atoms with Gasteiger partial charge in [0.1, 0.15) is 25.5 Å². The molecule has 0 bridgehead atoms. The van der Waals surface area contributed by atoms with Crippen LogP contribution in [0.2, 0.25) is 0 Å². The van der Waals surface area contributed by atoms with Gasteiger partial charge in [0.05, 0.1) is 21.7 Å². The fraction of sp³-hybridized carbons (Fsp3) is 0.625. The Bertz CT molecular complexity index is 1260. The maximum Gasteiger partial charge on any atom is 2.00 e. The van der Waals surface area contributed by atoms with Crippen LogP contribution in [0.1, 0.15) is 25.5 Å². The first-order chi connectivity index (χ1) is 18.2. The first-order valence-corrected chi connectivity index (χ1v) is 14.2. The molecule has 1 radical (unpaired) electrons. The zero-order valence-electron chi connectivity index (χ0n) is 21.8. The van der Waals surface area contributed by atoms with Crippen molar-refractivity contribution in [2.45, 2.75) is 40.8 Å². The summed E-state index contributed by atoms with van der Waals surface area (Å²) in [6.45, 7) is 6.43. The average Bonchev–Trinajstić information content (AvgIpc) is 3.38. The molecule has 0 saturated carbocycles. The summed E-state index contributed by atoms with van der Waals surface area (Å²) in [5.41, 5.74) is 0. The summed E-state index contributed by atoms with van der Waals surface area (Å²) in [5, 5.41) is 50.7. The van der Waals surface area contributed by atoms with E-state index < -0.39 is 39.7 Å². The van der Waals surface area contributed by atoms with Crippen molar-refractivity contribution in [1.82, 2.24) is 19.1 Å². The number of hydrogen-bond acceptors (Lipinski definition) is 16. The Morgan fingerprint density at radius 3 is 1.10 bits per heavy atom. The molecule has 0 N–H and O–H groups in total. The molecule has 0 fully saturated rings. The minimum absolute atomic E-state index is 0. The van der Waals surface area contributed by atoms with E-state index in [1.807, 2.05) is 0 Å². The van der Waals surface area contributed by atoms with E-state index in [1.54, 1.807) is 27.7 Å². The molecule has 0 saturated heterocycles. The molecule has 0 aliphatic rings. The molecule has 0 aromatic carbocycles. The minimum Gasteiger partial charge on any atom is -0.358 e. The van der Waals surface area contributed by atoms with Crippen molar-refractivity contribution in [2.75, 3.05) is 23.0 Å². The van der Waals surface area contributed by atoms with Crippen LogP contribution in [-0.2, 0) is 49.5 Å². The smallest absolute Gasteiger partial charge is 0.358 e. The van der Waals surface area contributed by atoms with Crippen LogP contribution in [0.4, 0.5) is 11.6 Å². The van der Waals surface area contributed by atoms with E-state index >= 15 is 0 Å². The second-order valence-corrected chi connectivity index (χ2v) is 12.0. The summed E-state index contributed by atoms with van der Waals surface area (Å²) in [6, 6.07) is 0. The number of hydrogen-bond donors (Lipinski definition) is 0. The molecule has 0 amide bonds. The molecule has 25 heteroatoms. The Balaban J connectivity index is -0.000000548. The molecule has 2 aromatic heterocycles. The Hall–Kier alpha value is -3.97. The molecule has 0 atom stereocenters. The van der Waals surface area contributed by atoms with Crippen LogP contribution >= 0.6 is 0 Å². The van der Waals surface area contributed by atoms with Gasteiger partial charge >= 0.3 is 28.4 Å². The summed E-state index contributed by atoms with van der Waals surface area (Å²) in [6.07, 6.45) is 2.27. The second-order valence-electron chi connectivity index (χ2n) is 7.06. The zero-order chi connectivity index (χ0) is 31.8. The van der Waals surface area contributed by atoms with E-state index in [9.17, 15) is 37.1 Å². The summed E-state index contributed by atoms with van der Waals surface area (Å²) >= 11 is 0. The van der Waals surface area contributed by atoms with Gasteiger partial charge in [-0.15, -0.1) is 0 Å². The fourth-order valence-electron chi connectivity index (χ4n) is 2.51. The van der Waals surface area contributed by atoms with Crippen LogP contribution < -0.4 is 0 Å². The monoisotopic (exact) mass is 677 g/mol. The van der Waals surface area contributed by atoms with E-state index in [-0.39, 0.29) is 64.5 Å². The van der Waals surface area contributed by atoms with Gasteiger partial charge in [0.25, 0.3) is 0 Å². The van der Waals surface area contributed by atoms with Gasteiger partial charge < -0.3 is 50.9 Å². The number of nitrogens with zero attached hydrogens (tertiary/aromatic N) is 8.